The van der Waals surface area contributed by atoms with Gasteiger partial charge in [0.2, 0.25) is 5.76 Å². The highest BCUT2D eigenvalue weighted by molar-refractivity contribution is 5.95. The minimum atomic E-state index is -1.09. The third-order valence-electron chi connectivity index (χ3n) is 2.45. The number of aryl methyl sites for hydroxylation is 2. The van der Waals surface area contributed by atoms with Crippen molar-refractivity contribution in [3.8, 4) is 11.5 Å². The van der Waals surface area contributed by atoms with Gasteiger partial charge in [0.1, 0.15) is 11.3 Å². The topological polar surface area (TPSA) is 89.4 Å². The second kappa shape index (κ2) is 3.48. The SMILES string of the molecule is Cc1noc(-c2noc(C)c2C)c1C(=O)O. The normalized spacial score (nSPS) is 10.7. The zero-order valence-corrected chi connectivity index (χ0v) is 9.07. The van der Waals surface area contributed by atoms with E-state index >= 15 is 0 Å². The van der Waals surface area contributed by atoms with Gasteiger partial charge in [-0.15, -0.1) is 0 Å². The maximum Gasteiger partial charge on any atom is 0.341 e. The third-order valence-corrected chi connectivity index (χ3v) is 2.45. The molecular weight excluding hydrogens is 212 g/mol. The summed E-state index contributed by atoms with van der Waals surface area (Å²) in [6.07, 6.45) is 0. The first-order valence-corrected chi connectivity index (χ1v) is 4.65. The smallest absolute Gasteiger partial charge is 0.341 e. The van der Waals surface area contributed by atoms with E-state index in [2.05, 4.69) is 10.3 Å². The molecule has 0 spiro atoms. The van der Waals surface area contributed by atoms with Crippen molar-refractivity contribution in [2.75, 3.05) is 0 Å². The minimum absolute atomic E-state index is 0.0244. The Morgan fingerprint density at radius 3 is 2.38 bits per heavy atom. The molecule has 84 valence electrons. The summed E-state index contributed by atoms with van der Waals surface area (Å²) in [5.74, 6) is -0.325. The molecule has 6 nitrogen and oxygen atoms in total. The summed E-state index contributed by atoms with van der Waals surface area (Å²) in [6, 6.07) is 0. The lowest BCUT2D eigenvalue weighted by atomic mass is 10.1. The van der Waals surface area contributed by atoms with Crippen molar-refractivity contribution >= 4 is 5.97 Å². The van der Waals surface area contributed by atoms with Crippen molar-refractivity contribution in [3.05, 3.63) is 22.6 Å². The number of rotatable bonds is 2. The van der Waals surface area contributed by atoms with E-state index in [9.17, 15) is 4.79 Å². The van der Waals surface area contributed by atoms with Crippen LogP contribution in [0.15, 0.2) is 9.05 Å². The lowest BCUT2D eigenvalue weighted by Crippen LogP contribution is -1.99. The van der Waals surface area contributed by atoms with Crippen LogP contribution in [0.3, 0.4) is 0 Å². The van der Waals surface area contributed by atoms with Gasteiger partial charge in [-0.2, -0.15) is 0 Å². The van der Waals surface area contributed by atoms with Gasteiger partial charge in [-0.3, -0.25) is 0 Å². The van der Waals surface area contributed by atoms with Gasteiger partial charge in [0.05, 0.1) is 5.69 Å². The Morgan fingerprint density at radius 2 is 1.88 bits per heavy atom. The fourth-order valence-electron chi connectivity index (χ4n) is 1.41. The van der Waals surface area contributed by atoms with E-state index in [1.54, 1.807) is 20.8 Å². The molecule has 0 amide bonds. The zero-order chi connectivity index (χ0) is 11.9. The molecule has 0 aliphatic heterocycles. The van der Waals surface area contributed by atoms with Crippen LogP contribution in [-0.2, 0) is 0 Å². The third kappa shape index (κ3) is 1.39. The predicted octanol–water partition coefficient (Wildman–Crippen LogP) is 1.95. The molecule has 2 aromatic heterocycles. The van der Waals surface area contributed by atoms with Crippen molar-refractivity contribution < 1.29 is 18.9 Å². The Labute approximate surface area is 90.8 Å². The van der Waals surface area contributed by atoms with Crippen molar-refractivity contribution in [3.63, 3.8) is 0 Å². The van der Waals surface area contributed by atoms with Crippen molar-refractivity contribution in [2.45, 2.75) is 20.8 Å². The Bertz CT molecular complexity index is 553. The number of hydrogen-bond donors (Lipinski definition) is 1. The molecule has 6 heteroatoms. The molecule has 2 rings (SSSR count). The van der Waals surface area contributed by atoms with E-state index in [-0.39, 0.29) is 11.3 Å². The molecule has 0 radical (unpaired) electrons. The van der Waals surface area contributed by atoms with E-state index in [4.69, 9.17) is 14.2 Å². The molecule has 0 aromatic carbocycles. The van der Waals surface area contributed by atoms with Gasteiger partial charge in [-0.25, -0.2) is 4.79 Å². The van der Waals surface area contributed by atoms with Gasteiger partial charge in [0.25, 0.3) is 0 Å². The van der Waals surface area contributed by atoms with E-state index in [0.717, 1.165) is 5.56 Å². The standard InChI is InChI=1S/C10H10N2O4/c1-4-6(3)15-12-8(4)9-7(10(13)14)5(2)11-16-9/h1-3H3,(H,13,14). The van der Waals surface area contributed by atoms with E-state index < -0.39 is 5.97 Å². The van der Waals surface area contributed by atoms with Crippen molar-refractivity contribution in [1.29, 1.82) is 0 Å². The molecule has 0 aliphatic rings. The van der Waals surface area contributed by atoms with Gasteiger partial charge >= 0.3 is 5.97 Å². The van der Waals surface area contributed by atoms with Crippen molar-refractivity contribution in [2.24, 2.45) is 0 Å². The second-order valence-electron chi connectivity index (χ2n) is 3.49. The van der Waals surface area contributed by atoms with Crippen molar-refractivity contribution in [1.82, 2.24) is 10.3 Å². The summed E-state index contributed by atoms with van der Waals surface area (Å²) in [5, 5.41) is 16.4. The van der Waals surface area contributed by atoms with E-state index in [0.29, 0.717) is 17.1 Å². The van der Waals surface area contributed by atoms with Crippen LogP contribution in [0.4, 0.5) is 0 Å². The predicted molar refractivity (Wildman–Crippen MR) is 53.2 cm³/mol. The lowest BCUT2D eigenvalue weighted by Gasteiger charge is -1.93. The monoisotopic (exact) mass is 222 g/mol. The largest absolute Gasteiger partial charge is 0.477 e. The molecular formula is C10H10N2O4. The van der Waals surface area contributed by atoms with Crippen LogP contribution in [0.2, 0.25) is 0 Å². The molecule has 2 aromatic rings. The van der Waals surface area contributed by atoms with Gasteiger partial charge in [0, 0.05) is 5.56 Å². The average Bonchev–Trinajstić information content (AvgIpc) is 2.72. The minimum Gasteiger partial charge on any atom is -0.477 e. The molecule has 0 aliphatic carbocycles. The number of hydrogen-bond acceptors (Lipinski definition) is 5. The Morgan fingerprint density at radius 1 is 1.19 bits per heavy atom. The van der Waals surface area contributed by atoms with Gasteiger partial charge in [0.15, 0.2) is 5.69 Å². The lowest BCUT2D eigenvalue weighted by molar-refractivity contribution is 0.0696. The molecule has 0 saturated carbocycles. The molecule has 1 N–H and O–H groups in total. The zero-order valence-electron chi connectivity index (χ0n) is 9.07. The number of aromatic nitrogens is 2. The Kier molecular flexibility index (Phi) is 2.26. The number of aromatic carboxylic acids is 1. The van der Waals surface area contributed by atoms with Gasteiger partial charge < -0.3 is 14.2 Å². The molecule has 0 unspecified atom stereocenters. The molecule has 0 bridgehead atoms. The summed E-state index contributed by atoms with van der Waals surface area (Å²) in [7, 11) is 0. The summed E-state index contributed by atoms with van der Waals surface area (Å²) in [5.41, 5.74) is 1.48. The van der Waals surface area contributed by atoms with Gasteiger partial charge in [-0.1, -0.05) is 10.3 Å². The summed E-state index contributed by atoms with van der Waals surface area (Å²) < 4.78 is 9.95. The highest BCUT2D eigenvalue weighted by Gasteiger charge is 2.25. The van der Waals surface area contributed by atoms with E-state index in [1.807, 2.05) is 0 Å². The first kappa shape index (κ1) is 10.4. The number of carbonyl (C=O) groups is 1. The van der Waals surface area contributed by atoms with Crippen LogP contribution in [0.25, 0.3) is 11.5 Å². The maximum atomic E-state index is 11.0. The average molecular weight is 222 g/mol. The molecule has 0 atom stereocenters. The Hall–Kier alpha value is -2.11. The van der Waals surface area contributed by atoms with E-state index in [1.165, 1.54) is 0 Å². The highest BCUT2D eigenvalue weighted by Crippen LogP contribution is 2.29. The molecule has 0 fully saturated rings. The fourth-order valence-corrected chi connectivity index (χ4v) is 1.41. The van der Waals surface area contributed by atoms with Crippen LogP contribution in [0.1, 0.15) is 27.4 Å². The quantitative estimate of drug-likeness (QED) is 0.835. The first-order valence-electron chi connectivity index (χ1n) is 4.65. The fraction of sp³-hybridized carbons (Fsp3) is 0.300. The number of nitrogens with zero attached hydrogens (tertiary/aromatic N) is 2. The maximum absolute atomic E-state index is 11.0. The van der Waals surface area contributed by atoms with Crippen LogP contribution in [-0.4, -0.2) is 21.4 Å². The Balaban J connectivity index is 2.65. The summed E-state index contributed by atoms with van der Waals surface area (Å²) >= 11 is 0. The molecule has 16 heavy (non-hydrogen) atoms. The van der Waals surface area contributed by atoms with Crippen LogP contribution >= 0.6 is 0 Å². The van der Waals surface area contributed by atoms with Crippen LogP contribution in [0.5, 0.6) is 0 Å². The first-order chi connectivity index (χ1) is 7.52. The van der Waals surface area contributed by atoms with Crippen LogP contribution < -0.4 is 0 Å². The molecule has 0 saturated heterocycles. The summed E-state index contributed by atoms with van der Waals surface area (Å²) in [4.78, 5) is 11.0. The second-order valence-corrected chi connectivity index (χ2v) is 3.49. The number of carboxylic acids is 1. The van der Waals surface area contributed by atoms with Crippen LogP contribution in [0, 0.1) is 20.8 Å². The summed E-state index contributed by atoms with van der Waals surface area (Å²) in [6.45, 7) is 5.10. The number of carboxylic acid groups (broad SMARTS) is 1. The molecule has 2 heterocycles. The highest BCUT2D eigenvalue weighted by atomic mass is 16.5. The van der Waals surface area contributed by atoms with Gasteiger partial charge in [-0.05, 0) is 20.8 Å².